The number of anilines is 1. The molecule has 0 saturated carbocycles. The smallest absolute Gasteiger partial charge is 0.209 e. The van der Waals surface area contributed by atoms with Crippen LogP contribution in [0.1, 0.15) is 40.5 Å². The number of hydrogen-bond acceptors (Lipinski definition) is 4. The Morgan fingerprint density at radius 2 is 1.90 bits per heavy atom. The summed E-state index contributed by atoms with van der Waals surface area (Å²) in [5.41, 5.74) is 5.32. The normalized spacial score (nSPS) is 18.6. The van der Waals surface area contributed by atoms with Crippen LogP contribution in [-0.4, -0.2) is 29.4 Å². The number of aromatic nitrogens is 1. The van der Waals surface area contributed by atoms with Gasteiger partial charge >= 0.3 is 0 Å². The van der Waals surface area contributed by atoms with Crippen LogP contribution in [0, 0.1) is 12.7 Å². The van der Waals surface area contributed by atoms with E-state index in [0.717, 1.165) is 35.2 Å². The summed E-state index contributed by atoms with van der Waals surface area (Å²) in [5.74, 6) is -0.0309. The molecule has 1 aromatic heterocycles. The summed E-state index contributed by atoms with van der Waals surface area (Å²) in [5, 5.41) is 4.28. The summed E-state index contributed by atoms with van der Waals surface area (Å²) in [7, 11) is 0. The SMILES string of the molecule is Cc1c(S)ncc(C2CN(C=O)CCC2c2ccc(F)cc2)c1NCc1ccccc1. The molecule has 1 saturated heterocycles. The Kier molecular flexibility index (Phi) is 6.56. The third-order valence-corrected chi connectivity index (χ3v) is 6.58. The molecule has 0 spiro atoms. The van der Waals surface area contributed by atoms with Crippen LogP contribution in [0.25, 0.3) is 0 Å². The fourth-order valence-corrected chi connectivity index (χ4v) is 4.59. The number of carbonyl (C=O) groups excluding carboxylic acids is 1. The lowest BCUT2D eigenvalue weighted by molar-refractivity contribution is -0.119. The first-order valence-electron chi connectivity index (χ1n) is 10.5. The fraction of sp³-hybridized carbons (Fsp3) is 0.280. The second-order valence-electron chi connectivity index (χ2n) is 8.03. The van der Waals surface area contributed by atoms with Crippen LogP contribution in [0.4, 0.5) is 10.1 Å². The molecule has 2 heterocycles. The van der Waals surface area contributed by atoms with Gasteiger partial charge in [0.15, 0.2) is 0 Å². The van der Waals surface area contributed by atoms with Crippen molar-refractivity contribution >= 4 is 24.7 Å². The van der Waals surface area contributed by atoms with Gasteiger partial charge in [-0.15, -0.1) is 12.6 Å². The number of amides is 1. The largest absolute Gasteiger partial charge is 0.380 e. The number of nitrogens with zero attached hydrogens (tertiary/aromatic N) is 2. The molecule has 1 aliphatic rings. The van der Waals surface area contributed by atoms with Crippen molar-refractivity contribution in [2.45, 2.75) is 36.8 Å². The lowest BCUT2D eigenvalue weighted by Crippen LogP contribution is -2.37. The third-order valence-electron chi connectivity index (χ3n) is 6.13. The molecule has 4 rings (SSSR count). The molecule has 2 unspecified atom stereocenters. The Bertz CT molecular complexity index is 1040. The Balaban J connectivity index is 1.72. The zero-order valence-corrected chi connectivity index (χ0v) is 18.4. The predicted molar refractivity (Wildman–Crippen MR) is 124 cm³/mol. The summed E-state index contributed by atoms with van der Waals surface area (Å²) in [6.45, 7) is 3.97. The molecule has 0 aliphatic carbocycles. The Hall–Kier alpha value is -2.86. The maximum Gasteiger partial charge on any atom is 0.209 e. The first-order chi connectivity index (χ1) is 15.1. The van der Waals surface area contributed by atoms with Crippen LogP contribution in [0.15, 0.2) is 65.8 Å². The highest BCUT2D eigenvalue weighted by Gasteiger charge is 2.33. The van der Waals surface area contributed by atoms with E-state index in [1.165, 1.54) is 17.7 Å². The highest BCUT2D eigenvalue weighted by molar-refractivity contribution is 7.80. The average molecular weight is 436 g/mol. The molecule has 3 aromatic rings. The predicted octanol–water partition coefficient (Wildman–Crippen LogP) is 5.16. The van der Waals surface area contributed by atoms with Gasteiger partial charge in [0.25, 0.3) is 0 Å². The standard InChI is InChI=1S/C25H26FN3OS/c1-17-24(27-13-18-5-3-2-4-6-18)22(14-28-25(17)31)23-15-29(16-30)12-11-21(23)19-7-9-20(26)10-8-19/h2-10,14,16,21,23H,11-13,15H2,1H3,(H2,27,28,31). The van der Waals surface area contributed by atoms with Crippen LogP contribution in [-0.2, 0) is 11.3 Å². The number of carbonyl (C=O) groups is 1. The van der Waals surface area contributed by atoms with Gasteiger partial charge in [-0.25, -0.2) is 9.37 Å². The Morgan fingerprint density at radius 3 is 2.61 bits per heavy atom. The molecule has 31 heavy (non-hydrogen) atoms. The van der Waals surface area contributed by atoms with Gasteiger partial charge in [-0.05, 0) is 48.1 Å². The van der Waals surface area contributed by atoms with E-state index in [-0.39, 0.29) is 17.7 Å². The summed E-state index contributed by atoms with van der Waals surface area (Å²) < 4.78 is 13.5. The van der Waals surface area contributed by atoms with E-state index < -0.39 is 0 Å². The molecular formula is C25H26FN3OS. The van der Waals surface area contributed by atoms with Gasteiger partial charge in [0.05, 0.1) is 5.03 Å². The van der Waals surface area contributed by atoms with Gasteiger partial charge in [-0.3, -0.25) is 4.79 Å². The molecule has 4 nitrogen and oxygen atoms in total. The molecule has 1 N–H and O–H groups in total. The number of benzene rings is 2. The van der Waals surface area contributed by atoms with E-state index in [0.29, 0.717) is 24.7 Å². The first kappa shape index (κ1) is 21.4. The van der Waals surface area contributed by atoms with Gasteiger partial charge in [0, 0.05) is 43.0 Å². The minimum absolute atomic E-state index is 0.0443. The molecule has 0 bridgehead atoms. The Morgan fingerprint density at radius 1 is 1.16 bits per heavy atom. The molecule has 0 radical (unpaired) electrons. The molecule has 1 amide bonds. The number of likely N-dealkylation sites (tertiary alicyclic amines) is 1. The van der Waals surface area contributed by atoms with Crippen molar-refractivity contribution in [3.05, 3.63) is 88.9 Å². The maximum absolute atomic E-state index is 13.5. The molecule has 2 atom stereocenters. The molecule has 2 aromatic carbocycles. The van der Waals surface area contributed by atoms with Crippen LogP contribution in [0.5, 0.6) is 0 Å². The van der Waals surface area contributed by atoms with Crippen molar-refractivity contribution < 1.29 is 9.18 Å². The van der Waals surface area contributed by atoms with Crippen molar-refractivity contribution in [3.63, 3.8) is 0 Å². The highest BCUT2D eigenvalue weighted by Crippen LogP contribution is 2.43. The number of pyridine rings is 1. The van der Waals surface area contributed by atoms with E-state index in [2.05, 4.69) is 35.1 Å². The molecular weight excluding hydrogens is 409 g/mol. The lowest BCUT2D eigenvalue weighted by atomic mass is 9.76. The highest BCUT2D eigenvalue weighted by atomic mass is 32.1. The van der Waals surface area contributed by atoms with Crippen molar-refractivity contribution in [3.8, 4) is 0 Å². The maximum atomic E-state index is 13.5. The summed E-state index contributed by atoms with van der Waals surface area (Å²) in [6, 6.07) is 16.9. The number of thiol groups is 1. The molecule has 1 aliphatic heterocycles. The fourth-order valence-electron chi connectivity index (χ4n) is 4.42. The zero-order chi connectivity index (χ0) is 21.8. The van der Waals surface area contributed by atoms with E-state index >= 15 is 0 Å². The number of piperidine rings is 1. The number of hydrogen-bond donors (Lipinski definition) is 2. The molecule has 1 fully saturated rings. The molecule has 160 valence electrons. The summed E-state index contributed by atoms with van der Waals surface area (Å²) in [4.78, 5) is 17.9. The van der Waals surface area contributed by atoms with Gasteiger partial charge in [0.1, 0.15) is 5.82 Å². The van der Waals surface area contributed by atoms with E-state index in [1.54, 1.807) is 0 Å². The van der Waals surface area contributed by atoms with E-state index in [9.17, 15) is 9.18 Å². The second-order valence-corrected chi connectivity index (χ2v) is 8.45. The summed E-state index contributed by atoms with van der Waals surface area (Å²) >= 11 is 4.54. The van der Waals surface area contributed by atoms with Crippen LogP contribution in [0.2, 0.25) is 0 Å². The van der Waals surface area contributed by atoms with Crippen LogP contribution in [0.3, 0.4) is 0 Å². The van der Waals surface area contributed by atoms with Gasteiger partial charge in [0.2, 0.25) is 6.41 Å². The lowest BCUT2D eigenvalue weighted by Gasteiger charge is -2.38. The van der Waals surface area contributed by atoms with Crippen LogP contribution >= 0.6 is 12.6 Å². The number of halogens is 1. The summed E-state index contributed by atoms with van der Waals surface area (Å²) in [6.07, 6.45) is 3.60. The third kappa shape index (κ3) is 4.74. The van der Waals surface area contributed by atoms with Crippen molar-refractivity contribution in [1.82, 2.24) is 9.88 Å². The Labute approximate surface area is 187 Å². The van der Waals surface area contributed by atoms with Crippen LogP contribution < -0.4 is 5.32 Å². The van der Waals surface area contributed by atoms with Gasteiger partial charge in [-0.1, -0.05) is 42.5 Å². The average Bonchev–Trinajstić information content (AvgIpc) is 2.81. The van der Waals surface area contributed by atoms with Crippen molar-refractivity contribution in [2.75, 3.05) is 18.4 Å². The van der Waals surface area contributed by atoms with Gasteiger partial charge < -0.3 is 10.2 Å². The topological polar surface area (TPSA) is 45.2 Å². The number of rotatable bonds is 6. The zero-order valence-electron chi connectivity index (χ0n) is 17.5. The van der Waals surface area contributed by atoms with Gasteiger partial charge in [-0.2, -0.15) is 0 Å². The quantitative estimate of drug-likeness (QED) is 0.415. The first-order valence-corrected chi connectivity index (χ1v) is 10.9. The second kappa shape index (κ2) is 9.52. The molecule has 6 heteroatoms. The van der Waals surface area contributed by atoms with Crippen molar-refractivity contribution in [2.24, 2.45) is 0 Å². The van der Waals surface area contributed by atoms with E-state index in [1.807, 2.05) is 48.4 Å². The number of nitrogens with one attached hydrogen (secondary N) is 1. The monoisotopic (exact) mass is 435 g/mol. The minimum atomic E-state index is -0.243. The van der Waals surface area contributed by atoms with Crippen molar-refractivity contribution in [1.29, 1.82) is 0 Å². The van der Waals surface area contributed by atoms with E-state index in [4.69, 9.17) is 0 Å². The minimum Gasteiger partial charge on any atom is -0.380 e.